The van der Waals surface area contributed by atoms with Crippen molar-refractivity contribution in [2.45, 2.75) is 12.5 Å². The molecule has 1 saturated heterocycles. The van der Waals surface area contributed by atoms with Gasteiger partial charge in [0.1, 0.15) is 12.4 Å². The number of ether oxygens (including phenoxy) is 2. The molecular formula is C7H7O2. The molecule has 0 bridgehead atoms. The molecule has 0 aromatic heterocycles. The van der Waals surface area contributed by atoms with E-state index >= 15 is 0 Å². The highest BCUT2D eigenvalue weighted by molar-refractivity contribution is 5.17. The fraction of sp³-hybridized carbons (Fsp3) is 0.286. The van der Waals surface area contributed by atoms with E-state index in [1.165, 1.54) is 0 Å². The summed E-state index contributed by atoms with van der Waals surface area (Å²) in [6, 6.07) is 0. The molecule has 2 rings (SSSR count). The maximum atomic E-state index is 5.20. The molecule has 2 heterocycles. The second-order valence-corrected chi connectivity index (χ2v) is 2.04. The van der Waals surface area contributed by atoms with Crippen molar-refractivity contribution in [1.82, 2.24) is 0 Å². The van der Waals surface area contributed by atoms with Crippen LogP contribution in [0.3, 0.4) is 0 Å². The standard InChI is InChI=1S/C7H7O2/c1-2-6-7(8-4-1)3-5-9-6/h1-2,4-5,7H,3H2. The van der Waals surface area contributed by atoms with Crippen molar-refractivity contribution in [1.29, 1.82) is 0 Å². The molecule has 2 aliphatic heterocycles. The Morgan fingerprint density at radius 1 is 1.56 bits per heavy atom. The van der Waals surface area contributed by atoms with Crippen LogP contribution >= 0.6 is 0 Å². The quantitative estimate of drug-likeness (QED) is 0.484. The summed E-state index contributed by atoms with van der Waals surface area (Å²) in [7, 11) is 0. The van der Waals surface area contributed by atoms with Gasteiger partial charge < -0.3 is 9.47 Å². The zero-order valence-electron chi connectivity index (χ0n) is 4.91. The summed E-state index contributed by atoms with van der Waals surface area (Å²) in [5.41, 5.74) is 0. The molecule has 47 valence electrons. The van der Waals surface area contributed by atoms with Crippen LogP contribution < -0.4 is 0 Å². The maximum absolute atomic E-state index is 5.20. The Labute approximate surface area is 53.8 Å². The van der Waals surface area contributed by atoms with E-state index < -0.39 is 0 Å². The average molecular weight is 123 g/mol. The molecule has 2 nitrogen and oxygen atoms in total. The minimum absolute atomic E-state index is 0.162. The zero-order chi connectivity index (χ0) is 6.10. The van der Waals surface area contributed by atoms with Crippen LogP contribution in [-0.2, 0) is 9.47 Å². The smallest absolute Gasteiger partial charge is 0.158 e. The van der Waals surface area contributed by atoms with Crippen LogP contribution in [0, 0.1) is 6.61 Å². The lowest BCUT2D eigenvalue weighted by Crippen LogP contribution is -2.08. The van der Waals surface area contributed by atoms with Crippen LogP contribution in [0.15, 0.2) is 24.2 Å². The van der Waals surface area contributed by atoms with E-state index in [1.807, 2.05) is 12.2 Å². The van der Waals surface area contributed by atoms with Gasteiger partial charge in [0, 0.05) is 6.42 Å². The summed E-state index contributed by atoms with van der Waals surface area (Å²) in [5.74, 6) is 0.928. The summed E-state index contributed by atoms with van der Waals surface area (Å²) in [5, 5.41) is 0. The third-order valence-corrected chi connectivity index (χ3v) is 1.43. The summed E-state index contributed by atoms with van der Waals surface area (Å²) in [4.78, 5) is 0. The highest BCUT2D eigenvalue weighted by Crippen LogP contribution is 2.25. The second-order valence-electron chi connectivity index (χ2n) is 2.04. The van der Waals surface area contributed by atoms with Gasteiger partial charge in [0.05, 0.1) is 6.26 Å². The largest absolute Gasteiger partial charge is 0.490 e. The first-order valence-electron chi connectivity index (χ1n) is 2.97. The lowest BCUT2D eigenvalue weighted by atomic mass is 10.2. The summed E-state index contributed by atoms with van der Waals surface area (Å²) in [6.07, 6.45) is 6.49. The third kappa shape index (κ3) is 0.707. The molecule has 9 heavy (non-hydrogen) atoms. The van der Waals surface area contributed by atoms with Crippen molar-refractivity contribution in [3.63, 3.8) is 0 Å². The molecule has 1 atom stereocenters. The number of hydrogen-bond donors (Lipinski definition) is 0. The Kier molecular flexibility index (Phi) is 0.979. The number of fused-ring (bicyclic) bond motifs is 1. The van der Waals surface area contributed by atoms with Crippen LogP contribution in [0.1, 0.15) is 6.42 Å². The normalized spacial score (nSPS) is 30.2. The van der Waals surface area contributed by atoms with Gasteiger partial charge in [-0.25, -0.2) is 0 Å². The minimum atomic E-state index is 0.162. The van der Waals surface area contributed by atoms with E-state index in [9.17, 15) is 0 Å². The number of allylic oxidation sites excluding steroid dienone is 2. The molecule has 2 aliphatic rings. The first kappa shape index (κ1) is 4.91. The van der Waals surface area contributed by atoms with E-state index in [1.54, 1.807) is 12.9 Å². The van der Waals surface area contributed by atoms with Crippen LogP contribution in [0.2, 0.25) is 0 Å². The Morgan fingerprint density at radius 2 is 2.56 bits per heavy atom. The predicted molar refractivity (Wildman–Crippen MR) is 32.1 cm³/mol. The molecule has 2 heteroatoms. The Morgan fingerprint density at radius 3 is 3.44 bits per heavy atom. The van der Waals surface area contributed by atoms with Crippen molar-refractivity contribution in [2.75, 3.05) is 0 Å². The molecule has 1 radical (unpaired) electrons. The van der Waals surface area contributed by atoms with E-state index in [4.69, 9.17) is 9.47 Å². The Bertz CT molecular complexity index is 170. The van der Waals surface area contributed by atoms with Gasteiger partial charge >= 0.3 is 0 Å². The first-order valence-corrected chi connectivity index (χ1v) is 2.97. The molecule has 0 aliphatic carbocycles. The monoisotopic (exact) mass is 123 g/mol. The summed E-state index contributed by atoms with van der Waals surface area (Å²) < 4.78 is 10.3. The molecule has 1 fully saturated rings. The lowest BCUT2D eigenvalue weighted by Gasteiger charge is -2.11. The molecule has 0 amide bonds. The molecule has 0 aromatic carbocycles. The van der Waals surface area contributed by atoms with Crippen molar-refractivity contribution in [3.8, 4) is 0 Å². The van der Waals surface area contributed by atoms with Crippen LogP contribution in [-0.4, -0.2) is 6.10 Å². The Balaban J connectivity index is 2.23. The molecule has 0 saturated carbocycles. The first-order chi connectivity index (χ1) is 4.47. The van der Waals surface area contributed by atoms with Gasteiger partial charge in [-0.2, -0.15) is 0 Å². The van der Waals surface area contributed by atoms with Gasteiger partial charge in [-0.15, -0.1) is 0 Å². The van der Waals surface area contributed by atoms with Crippen LogP contribution in [0.4, 0.5) is 0 Å². The van der Waals surface area contributed by atoms with Crippen molar-refractivity contribution < 1.29 is 9.47 Å². The van der Waals surface area contributed by atoms with Crippen molar-refractivity contribution in [2.24, 2.45) is 0 Å². The number of hydrogen-bond acceptors (Lipinski definition) is 2. The predicted octanol–water partition coefficient (Wildman–Crippen LogP) is 1.36. The van der Waals surface area contributed by atoms with Gasteiger partial charge in [-0.3, -0.25) is 0 Å². The third-order valence-electron chi connectivity index (χ3n) is 1.43. The van der Waals surface area contributed by atoms with Gasteiger partial charge in [0.2, 0.25) is 0 Å². The van der Waals surface area contributed by atoms with E-state index in [2.05, 4.69) is 0 Å². The fourth-order valence-electron chi connectivity index (χ4n) is 0.967. The van der Waals surface area contributed by atoms with E-state index in [-0.39, 0.29) is 6.10 Å². The summed E-state index contributed by atoms with van der Waals surface area (Å²) >= 11 is 0. The molecular weight excluding hydrogens is 116 g/mol. The van der Waals surface area contributed by atoms with Crippen molar-refractivity contribution >= 4 is 0 Å². The topological polar surface area (TPSA) is 18.5 Å². The van der Waals surface area contributed by atoms with Crippen LogP contribution in [0.25, 0.3) is 0 Å². The zero-order valence-corrected chi connectivity index (χ0v) is 4.91. The van der Waals surface area contributed by atoms with Crippen LogP contribution in [0.5, 0.6) is 0 Å². The van der Waals surface area contributed by atoms with E-state index in [0.717, 1.165) is 12.2 Å². The maximum Gasteiger partial charge on any atom is 0.158 e. The average Bonchev–Trinajstić information content (AvgIpc) is 2.33. The highest BCUT2D eigenvalue weighted by atomic mass is 16.5. The van der Waals surface area contributed by atoms with E-state index in [0.29, 0.717) is 0 Å². The molecule has 0 aromatic rings. The van der Waals surface area contributed by atoms with Gasteiger partial charge in [0.25, 0.3) is 0 Å². The molecule has 1 unspecified atom stereocenters. The van der Waals surface area contributed by atoms with Gasteiger partial charge in [0.15, 0.2) is 6.10 Å². The molecule has 0 N–H and O–H groups in total. The summed E-state index contributed by atoms with van der Waals surface area (Å²) in [6.45, 7) is 1.77. The fourth-order valence-corrected chi connectivity index (χ4v) is 0.967. The van der Waals surface area contributed by atoms with Gasteiger partial charge in [-0.05, 0) is 12.2 Å². The second kappa shape index (κ2) is 1.79. The molecule has 0 spiro atoms. The Hall–Kier alpha value is -0.920. The van der Waals surface area contributed by atoms with Gasteiger partial charge in [-0.1, -0.05) is 0 Å². The minimum Gasteiger partial charge on any atom is -0.490 e. The lowest BCUT2D eigenvalue weighted by molar-refractivity contribution is 0.161. The highest BCUT2D eigenvalue weighted by Gasteiger charge is 2.24. The van der Waals surface area contributed by atoms with Crippen molar-refractivity contribution in [3.05, 3.63) is 30.8 Å². The number of rotatable bonds is 0. The SMILES string of the molecule is [CH]1CC2OC=CC=C2O1.